The molecule has 2 rings (SSSR count). The zero-order valence-electron chi connectivity index (χ0n) is 9.66. The third-order valence-electron chi connectivity index (χ3n) is 2.57. The molecule has 0 aliphatic rings. The fraction of sp³-hybridized carbons (Fsp3) is 0.231. The first kappa shape index (κ1) is 13.1. The number of halogens is 3. The summed E-state index contributed by atoms with van der Waals surface area (Å²) in [5.74, 6) is 0. The molecule has 0 unspecified atom stereocenters. The Morgan fingerprint density at radius 1 is 1.06 bits per heavy atom. The average Bonchev–Trinajstić information content (AvgIpc) is 2.77. The van der Waals surface area contributed by atoms with Gasteiger partial charge in [0.2, 0.25) is 0 Å². The van der Waals surface area contributed by atoms with Crippen LogP contribution in [0.3, 0.4) is 0 Å². The third kappa shape index (κ3) is 2.73. The van der Waals surface area contributed by atoms with Crippen LogP contribution < -0.4 is 5.73 Å². The van der Waals surface area contributed by atoms with E-state index >= 15 is 0 Å². The standard InChI is InChI=1S/C13H12F3NS/c1-8(17)11-6-7-12(18-11)9-2-4-10(5-3-9)13(14,15)16/h2-8H,17H2,1H3/t8-/m0/s1. The largest absolute Gasteiger partial charge is 0.416 e. The molecule has 0 aliphatic heterocycles. The van der Waals surface area contributed by atoms with Gasteiger partial charge in [-0.2, -0.15) is 13.2 Å². The zero-order valence-corrected chi connectivity index (χ0v) is 10.5. The highest BCUT2D eigenvalue weighted by Crippen LogP contribution is 2.34. The van der Waals surface area contributed by atoms with E-state index in [0.29, 0.717) is 0 Å². The van der Waals surface area contributed by atoms with Crippen molar-refractivity contribution < 1.29 is 13.2 Å². The highest BCUT2D eigenvalue weighted by molar-refractivity contribution is 7.15. The Hall–Kier alpha value is -1.33. The second-order valence-electron chi connectivity index (χ2n) is 4.07. The molecule has 0 radical (unpaired) electrons. The third-order valence-corrected chi connectivity index (χ3v) is 3.91. The lowest BCUT2D eigenvalue weighted by atomic mass is 10.1. The van der Waals surface area contributed by atoms with Crippen molar-refractivity contribution in [3.63, 3.8) is 0 Å². The molecule has 0 saturated carbocycles. The number of benzene rings is 1. The van der Waals surface area contributed by atoms with E-state index in [0.717, 1.165) is 27.5 Å². The molecule has 0 amide bonds. The first-order valence-electron chi connectivity index (χ1n) is 5.41. The summed E-state index contributed by atoms with van der Waals surface area (Å²) in [5.41, 5.74) is 5.90. The average molecular weight is 271 g/mol. The number of rotatable bonds is 2. The predicted octanol–water partition coefficient (Wildman–Crippen LogP) is 4.45. The Balaban J connectivity index is 2.29. The minimum Gasteiger partial charge on any atom is -0.324 e. The van der Waals surface area contributed by atoms with Crippen LogP contribution >= 0.6 is 11.3 Å². The molecule has 1 heterocycles. The molecule has 0 bridgehead atoms. The lowest BCUT2D eigenvalue weighted by Crippen LogP contribution is -2.03. The minimum absolute atomic E-state index is 0.0572. The van der Waals surface area contributed by atoms with Gasteiger partial charge in [0, 0.05) is 15.8 Å². The predicted molar refractivity (Wildman–Crippen MR) is 67.4 cm³/mol. The molecule has 96 valence electrons. The van der Waals surface area contributed by atoms with Crippen molar-refractivity contribution in [1.29, 1.82) is 0 Å². The Labute approximate surface area is 107 Å². The molecular weight excluding hydrogens is 259 g/mol. The van der Waals surface area contributed by atoms with Crippen LogP contribution in [0.25, 0.3) is 10.4 Å². The van der Waals surface area contributed by atoms with Crippen LogP contribution in [0.5, 0.6) is 0 Å². The first-order chi connectivity index (χ1) is 8.38. The van der Waals surface area contributed by atoms with Gasteiger partial charge in [0.15, 0.2) is 0 Å². The number of thiophene rings is 1. The Morgan fingerprint density at radius 3 is 2.11 bits per heavy atom. The molecule has 1 atom stereocenters. The number of alkyl halides is 3. The molecule has 0 fully saturated rings. The fourth-order valence-corrected chi connectivity index (χ4v) is 2.54. The molecule has 0 aliphatic carbocycles. The molecular formula is C13H12F3NS. The summed E-state index contributed by atoms with van der Waals surface area (Å²) < 4.78 is 37.3. The summed E-state index contributed by atoms with van der Waals surface area (Å²) in [4.78, 5) is 1.95. The van der Waals surface area contributed by atoms with Crippen molar-refractivity contribution in [3.8, 4) is 10.4 Å². The smallest absolute Gasteiger partial charge is 0.324 e. The normalized spacial score (nSPS) is 13.6. The van der Waals surface area contributed by atoms with Crippen LogP contribution in [0.15, 0.2) is 36.4 Å². The highest BCUT2D eigenvalue weighted by atomic mass is 32.1. The molecule has 18 heavy (non-hydrogen) atoms. The summed E-state index contributed by atoms with van der Waals surface area (Å²) in [7, 11) is 0. The van der Waals surface area contributed by atoms with E-state index < -0.39 is 11.7 Å². The van der Waals surface area contributed by atoms with Crippen molar-refractivity contribution in [3.05, 3.63) is 46.8 Å². The second-order valence-corrected chi connectivity index (χ2v) is 5.18. The van der Waals surface area contributed by atoms with Gasteiger partial charge in [0.05, 0.1) is 5.56 Å². The quantitative estimate of drug-likeness (QED) is 0.857. The zero-order chi connectivity index (χ0) is 13.3. The molecule has 1 aromatic carbocycles. The summed E-state index contributed by atoms with van der Waals surface area (Å²) >= 11 is 1.50. The second kappa shape index (κ2) is 4.74. The van der Waals surface area contributed by atoms with E-state index in [4.69, 9.17) is 5.73 Å². The highest BCUT2D eigenvalue weighted by Gasteiger charge is 2.29. The van der Waals surface area contributed by atoms with Crippen molar-refractivity contribution in [1.82, 2.24) is 0 Å². The van der Waals surface area contributed by atoms with Gasteiger partial charge in [0.1, 0.15) is 0 Å². The lowest BCUT2D eigenvalue weighted by Gasteiger charge is -2.06. The molecule has 0 saturated heterocycles. The van der Waals surface area contributed by atoms with E-state index in [1.54, 1.807) is 0 Å². The van der Waals surface area contributed by atoms with Crippen LogP contribution in [-0.4, -0.2) is 0 Å². The minimum atomic E-state index is -4.29. The maximum absolute atomic E-state index is 12.4. The van der Waals surface area contributed by atoms with Crippen LogP contribution in [-0.2, 0) is 6.18 Å². The van der Waals surface area contributed by atoms with Crippen LogP contribution in [0.4, 0.5) is 13.2 Å². The van der Waals surface area contributed by atoms with E-state index in [9.17, 15) is 13.2 Å². The van der Waals surface area contributed by atoms with Gasteiger partial charge in [-0.1, -0.05) is 12.1 Å². The van der Waals surface area contributed by atoms with Crippen LogP contribution in [0.2, 0.25) is 0 Å². The number of hydrogen-bond donors (Lipinski definition) is 1. The SMILES string of the molecule is C[C@H](N)c1ccc(-c2ccc(C(F)(F)F)cc2)s1. The summed E-state index contributed by atoms with van der Waals surface area (Å²) in [6.07, 6.45) is -4.29. The van der Waals surface area contributed by atoms with Crippen molar-refractivity contribution >= 4 is 11.3 Å². The Morgan fingerprint density at radius 2 is 1.67 bits per heavy atom. The van der Waals surface area contributed by atoms with Gasteiger partial charge in [-0.15, -0.1) is 11.3 Å². The number of hydrogen-bond acceptors (Lipinski definition) is 2. The van der Waals surface area contributed by atoms with Gasteiger partial charge in [-0.25, -0.2) is 0 Å². The van der Waals surface area contributed by atoms with Crippen molar-refractivity contribution in [2.45, 2.75) is 19.1 Å². The Kier molecular flexibility index (Phi) is 3.45. The summed E-state index contributed by atoms with van der Waals surface area (Å²) in [6, 6.07) is 8.90. The molecule has 2 N–H and O–H groups in total. The van der Waals surface area contributed by atoms with Crippen molar-refractivity contribution in [2.75, 3.05) is 0 Å². The van der Waals surface area contributed by atoms with Gasteiger partial charge in [-0.05, 0) is 36.8 Å². The van der Waals surface area contributed by atoms with Crippen LogP contribution in [0.1, 0.15) is 23.4 Å². The van der Waals surface area contributed by atoms with E-state index in [1.807, 2.05) is 19.1 Å². The maximum Gasteiger partial charge on any atom is 0.416 e. The van der Waals surface area contributed by atoms with Gasteiger partial charge < -0.3 is 5.73 Å². The van der Waals surface area contributed by atoms with Gasteiger partial charge in [0.25, 0.3) is 0 Å². The summed E-state index contributed by atoms with van der Waals surface area (Å²) in [5, 5.41) is 0. The number of nitrogens with two attached hydrogens (primary N) is 1. The topological polar surface area (TPSA) is 26.0 Å². The Bertz CT molecular complexity index is 526. The molecule has 2 aromatic rings. The van der Waals surface area contributed by atoms with E-state index in [1.165, 1.54) is 23.5 Å². The van der Waals surface area contributed by atoms with Gasteiger partial charge in [-0.3, -0.25) is 0 Å². The van der Waals surface area contributed by atoms with E-state index in [2.05, 4.69) is 0 Å². The monoisotopic (exact) mass is 271 g/mol. The fourth-order valence-electron chi connectivity index (χ4n) is 1.58. The van der Waals surface area contributed by atoms with Crippen molar-refractivity contribution in [2.24, 2.45) is 5.73 Å². The molecule has 5 heteroatoms. The summed E-state index contributed by atoms with van der Waals surface area (Å²) in [6.45, 7) is 1.88. The maximum atomic E-state index is 12.4. The van der Waals surface area contributed by atoms with Crippen LogP contribution in [0, 0.1) is 0 Å². The van der Waals surface area contributed by atoms with E-state index in [-0.39, 0.29) is 6.04 Å². The first-order valence-corrected chi connectivity index (χ1v) is 6.22. The van der Waals surface area contributed by atoms with Gasteiger partial charge >= 0.3 is 6.18 Å². The molecule has 1 aromatic heterocycles. The molecule has 0 spiro atoms. The lowest BCUT2D eigenvalue weighted by molar-refractivity contribution is -0.137. The molecule has 1 nitrogen and oxygen atoms in total.